The lowest BCUT2D eigenvalue weighted by Gasteiger charge is -2.39. The van der Waals surface area contributed by atoms with Crippen LogP contribution in [0.2, 0.25) is 0 Å². The average molecular weight is 714 g/mol. The number of fused-ring (bicyclic) bond motifs is 10. The highest BCUT2D eigenvalue weighted by Crippen LogP contribution is 2.63. The summed E-state index contributed by atoms with van der Waals surface area (Å²) in [7, 11) is 0. The minimum absolute atomic E-state index is 0.637. The minimum Gasteiger partial charge on any atom is -0.457 e. The highest BCUT2D eigenvalue weighted by Gasteiger charge is 2.51. The molecule has 0 radical (unpaired) electrons. The van der Waals surface area contributed by atoms with E-state index in [1.807, 2.05) is 42.5 Å². The van der Waals surface area contributed by atoms with Gasteiger partial charge in [0.05, 0.1) is 28.4 Å². The molecule has 0 unspecified atom stereocenters. The summed E-state index contributed by atoms with van der Waals surface area (Å²) in [5.74, 6) is 2.35. The van der Waals surface area contributed by atoms with Crippen LogP contribution < -0.4 is 4.74 Å². The van der Waals surface area contributed by atoms with Gasteiger partial charge in [-0.05, 0) is 80.6 Å². The number of benzene rings is 8. The van der Waals surface area contributed by atoms with Crippen molar-refractivity contribution < 1.29 is 4.74 Å². The number of nitriles is 1. The molecule has 1 aromatic heterocycles. The number of aromatic nitrogens is 2. The zero-order valence-corrected chi connectivity index (χ0v) is 30.1. The van der Waals surface area contributed by atoms with Gasteiger partial charge in [0.25, 0.3) is 0 Å². The Labute approximate surface area is 324 Å². The van der Waals surface area contributed by atoms with Crippen molar-refractivity contribution in [1.29, 1.82) is 5.26 Å². The molecule has 9 aromatic rings. The first-order chi connectivity index (χ1) is 27.7. The second-order valence-corrected chi connectivity index (χ2v) is 14.4. The van der Waals surface area contributed by atoms with Crippen LogP contribution in [0.25, 0.3) is 66.9 Å². The fourth-order valence-corrected chi connectivity index (χ4v) is 8.97. The van der Waals surface area contributed by atoms with E-state index in [1.165, 1.54) is 22.1 Å². The molecule has 1 spiro atoms. The molecule has 260 valence electrons. The average Bonchev–Trinajstić information content (AvgIpc) is 3.56. The van der Waals surface area contributed by atoms with Crippen LogP contribution in [0.5, 0.6) is 11.5 Å². The lowest BCUT2D eigenvalue weighted by atomic mass is 9.66. The first kappa shape index (κ1) is 31.9. The second kappa shape index (κ2) is 12.5. The summed E-state index contributed by atoms with van der Waals surface area (Å²) in [5, 5.41) is 11.9. The topological polar surface area (TPSA) is 58.8 Å². The lowest BCUT2D eigenvalue weighted by molar-refractivity contribution is 0.436. The molecule has 0 amide bonds. The standard InChI is InChI=1S/C52H31N3O/c53-32-33-24-26-35(27-25-33)39-17-11-21-44-50(39)41-29-28-37(30-45(41)52(44)42-19-6-8-22-48(42)56-49-23-9-7-20-43(49)52)46-31-47(55-51(54-46)36-13-2-1-3-14-36)40-18-10-15-34-12-4-5-16-38(34)40/h1-31H. The number of hydrogen-bond donors (Lipinski definition) is 0. The van der Waals surface area contributed by atoms with Crippen LogP contribution in [0.15, 0.2) is 188 Å². The van der Waals surface area contributed by atoms with E-state index in [-0.39, 0.29) is 0 Å². The van der Waals surface area contributed by atoms with Gasteiger partial charge in [-0.25, -0.2) is 9.97 Å². The van der Waals surface area contributed by atoms with Crippen LogP contribution in [-0.4, -0.2) is 9.97 Å². The van der Waals surface area contributed by atoms with E-state index in [9.17, 15) is 5.26 Å². The molecule has 1 aliphatic heterocycles. The summed E-state index contributed by atoms with van der Waals surface area (Å²) in [6.07, 6.45) is 0. The number of ether oxygens (including phenoxy) is 1. The molecule has 0 bridgehead atoms. The smallest absolute Gasteiger partial charge is 0.160 e. The van der Waals surface area contributed by atoms with Gasteiger partial charge in [0.15, 0.2) is 5.82 Å². The summed E-state index contributed by atoms with van der Waals surface area (Å²) in [4.78, 5) is 10.5. The maximum absolute atomic E-state index is 9.60. The van der Waals surface area contributed by atoms with Gasteiger partial charge in [-0.3, -0.25) is 0 Å². The summed E-state index contributed by atoms with van der Waals surface area (Å²) < 4.78 is 6.66. The highest BCUT2D eigenvalue weighted by atomic mass is 16.5. The van der Waals surface area contributed by atoms with Gasteiger partial charge in [-0.1, -0.05) is 152 Å². The third-order valence-electron chi connectivity index (χ3n) is 11.4. The van der Waals surface area contributed by atoms with E-state index in [0.717, 1.165) is 72.8 Å². The molecule has 8 aromatic carbocycles. The Morgan fingerprint density at radius 3 is 1.86 bits per heavy atom. The van der Waals surface area contributed by atoms with Gasteiger partial charge >= 0.3 is 0 Å². The molecule has 2 heterocycles. The number of para-hydroxylation sites is 2. The molecule has 2 aliphatic rings. The molecule has 1 aliphatic carbocycles. The zero-order chi connectivity index (χ0) is 37.2. The van der Waals surface area contributed by atoms with E-state index >= 15 is 0 Å². The first-order valence-corrected chi connectivity index (χ1v) is 18.8. The maximum Gasteiger partial charge on any atom is 0.160 e. The van der Waals surface area contributed by atoms with Crippen LogP contribution in [0, 0.1) is 11.3 Å². The Hall–Kier alpha value is -7.61. The van der Waals surface area contributed by atoms with Crippen LogP contribution in [0.3, 0.4) is 0 Å². The van der Waals surface area contributed by atoms with Crippen LogP contribution in [0.1, 0.15) is 27.8 Å². The molecule has 0 atom stereocenters. The number of hydrogen-bond acceptors (Lipinski definition) is 4. The largest absolute Gasteiger partial charge is 0.457 e. The fraction of sp³-hybridized carbons (Fsp3) is 0.0192. The lowest BCUT2D eigenvalue weighted by Crippen LogP contribution is -2.32. The van der Waals surface area contributed by atoms with Crippen molar-refractivity contribution in [2.24, 2.45) is 0 Å². The number of nitrogens with zero attached hydrogens (tertiary/aromatic N) is 3. The van der Waals surface area contributed by atoms with E-state index in [0.29, 0.717) is 11.4 Å². The Morgan fingerprint density at radius 2 is 1.07 bits per heavy atom. The summed E-state index contributed by atoms with van der Waals surface area (Å²) in [6.45, 7) is 0. The van der Waals surface area contributed by atoms with Gasteiger partial charge in [0, 0.05) is 27.8 Å². The molecular formula is C52H31N3O. The van der Waals surface area contributed by atoms with Crippen LogP contribution in [-0.2, 0) is 5.41 Å². The van der Waals surface area contributed by atoms with E-state index in [2.05, 4.69) is 152 Å². The van der Waals surface area contributed by atoms with Crippen molar-refractivity contribution in [3.8, 4) is 73.7 Å². The van der Waals surface area contributed by atoms with Gasteiger partial charge < -0.3 is 4.74 Å². The molecule has 0 N–H and O–H groups in total. The summed E-state index contributed by atoms with van der Waals surface area (Å²) in [5.41, 5.74) is 13.7. The second-order valence-electron chi connectivity index (χ2n) is 14.4. The minimum atomic E-state index is -0.678. The Morgan fingerprint density at radius 1 is 0.446 bits per heavy atom. The molecule has 56 heavy (non-hydrogen) atoms. The molecule has 4 heteroatoms. The monoisotopic (exact) mass is 713 g/mol. The van der Waals surface area contributed by atoms with E-state index in [1.54, 1.807) is 0 Å². The Balaban J connectivity index is 1.21. The third kappa shape index (κ3) is 4.71. The quantitative estimate of drug-likeness (QED) is 0.182. The molecule has 0 saturated carbocycles. The molecule has 0 fully saturated rings. The summed E-state index contributed by atoms with van der Waals surface area (Å²) >= 11 is 0. The van der Waals surface area contributed by atoms with Gasteiger partial charge in [-0.15, -0.1) is 0 Å². The van der Waals surface area contributed by atoms with Crippen molar-refractivity contribution in [1.82, 2.24) is 9.97 Å². The molecule has 11 rings (SSSR count). The molecule has 0 saturated heterocycles. The van der Waals surface area contributed by atoms with Crippen molar-refractivity contribution in [3.05, 3.63) is 216 Å². The molecular weight excluding hydrogens is 683 g/mol. The predicted octanol–water partition coefficient (Wildman–Crippen LogP) is 12.6. The number of rotatable bonds is 4. The molecule has 4 nitrogen and oxygen atoms in total. The maximum atomic E-state index is 9.60. The Kier molecular flexibility index (Phi) is 7.10. The highest BCUT2D eigenvalue weighted by molar-refractivity contribution is 5.99. The van der Waals surface area contributed by atoms with E-state index < -0.39 is 5.41 Å². The van der Waals surface area contributed by atoms with Crippen LogP contribution in [0.4, 0.5) is 0 Å². The van der Waals surface area contributed by atoms with E-state index in [4.69, 9.17) is 14.7 Å². The zero-order valence-electron chi connectivity index (χ0n) is 30.1. The third-order valence-corrected chi connectivity index (χ3v) is 11.4. The Bertz CT molecular complexity index is 3020. The van der Waals surface area contributed by atoms with Crippen molar-refractivity contribution in [3.63, 3.8) is 0 Å². The normalized spacial score (nSPS) is 12.9. The first-order valence-electron chi connectivity index (χ1n) is 18.8. The SMILES string of the molecule is N#Cc1ccc(-c2cccc3c2-c2ccc(-c4cc(-c5cccc6ccccc56)nc(-c5ccccc5)n4)cc2C32c3ccccc3Oc3ccccc32)cc1. The van der Waals surface area contributed by atoms with Gasteiger partial charge in [0.1, 0.15) is 11.5 Å². The van der Waals surface area contributed by atoms with Crippen molar-refractivity contribution in [2.75, 3.05) is 0 Å². The van der Waals surface area contributed by atoms with Crippen molar-refractivity contribution in [2.45, 2.75) is 5.41 Å². The fourth-order valence-electron chi connectivity index (χ4n) is 8.97. The van der Waals surface area contributed by atoms with Gasteiger partial charge in [0.2, 0.25) is 0 Å². The predicted molar refractivity (Wildman–Crippen MR) is 223 cm³/mol. The van der Waals surface area contributed by atoms with Crippen molar-refractivity contribution >= 4 is 10.8 Å². The summed E-state index contributed by atoms with van der Waals surface area (Å²) in [6, 6.07) is 67.7. The van der Waals surface area contributed by atoms with Gasteiger partial charge in [-0.2, -0.15) is 5.26 Å². The van der Waals surface area contributed by atoms with Crippen LogP contribution >= 0.6 is 0 Å².